The molecule has 0 bridgehead atoms. The van der Waals surface area contributed by atoms with Crippen molar-refractivity contribution in [3.63, 3.8) is 0 Å². The number of rotatable bonds is 5. The van der Waals surface area contributed by atoms with Crippen molar-refractivity contribution in [2.24, 2.45) is 5.92 Å². The first-order valence-corrected chi connectivity index (χ1v) is 8.97. The van der Waals surface area contributed by atoms with Gasteiger partial charge in [-0.05, 0) is 26.0 Å². The summed E-state index contributed by atoms with van der Waals surface area (Å²) in [4.78, 5) is 28.5. The zero-order valence-corrected chi connectivity index (χ0v) is 14.2. The lowest BCUT2D eigenvalue weighted by atomic mass is 10.0. The first-order chi connectivity index (χ1) is 11.2. The van der Waals surface area contributed by atoms with E-state index < -0.39 is 27.4 Å². The van der Waals surface area contributed by atoms with E-state index in [-0.39, 0.29) is 22.4 Å². The minimum Gasteiger partial charge on any atom is -0.352 e. The van der Waals surface area contributed by atoms with E-state index in [4.69, 9.17) is 0 Å². The van der Waals surface area contributed by atoms with Crippen LogP contribution in [0.2, 0.25) is 0 Å². The molecule has 2 heterocycles. The van der Waals surface area contributed by atoms with Gasteiger partial charge in [-0.3, -0.25) is 14.0 Å². The number of sulfone groups is 1. The molecule has 2 rings (SSSR count). The van der Waals surface area contributed by atoms with Crippen molar-refractivity contribution in [2.75, 3.05) is 6.26 Å². The SMILES string of the molecule is CC(C)NC(=O)[C@@H](C#N)C(=O)c1nc(S(C)(=O)=O)n2ccccc12. The van der Waals surface area contributed by atoms with Crippen LogP contribution in [0.25, 0.3) is 5.52 Å². The number of carbonyl (C=O) groups excluding carboxylic acids is 2. The van der Waals surface area contributed by atoms with Crippen molar-refractivity contribution < 1.29 is 18.0 Å². The number of nitrogens with zero attached hydrogens (tertiary/aromatic N) is 3. The lowest BCUT2D eigenvalue weighted by molar-refractivity contribution is -0.122. The maximum atomic E-state index is 12.6. The molecule has 1 atom stereocenters. The Kier molecular flexibility index (Phi) is 4.71. The highest BCUT2D eigenvalue weighted by Gasteiger charge is 2.32. The maximum absolute atomic E-state index is 12.6. The third-order valence-electron chi connectivity index (χ3n) is 3.17. The Morgan fingerprint density at radius 3 is 2.54 bits per heavy atom. The average Bonchev–Trinajstić information content (AvgIpc) is 2.86. The molecule has 0 radical (unpaired) electrons. The van der Waals surface area contributed by atoms with E-state index in [1.165, 1.54) is 16.7 Å². The van der Waals surface area contributed by atoms with Gasteiger partial charge in [-0.25, -0.2) is 13.4 Å². The number of carbonyl (C=O) groups is 2. The van der Waals surface area contributed by atoms with E-state index in [1.807, 2.05) is 0 Å². The van der Waals surface area contributed by atoms with Gasteiger partial charge < -0.3 is 5.32 Å². The number of fused-ring (bicyclic) bond motifs is 1. The fourth-order valence-corrected chi connectivity index (χ4v) is 2.97. The number of pyridine rings is 1. The smallest absolute Gasteiger partial charge is 0.245 e. The lowest BCUT2D eigenvalue weighted by Crippen LogP contribution is -2.38. The van der Waals surface area contributed by atoms with Gasteiger partial charge in [-0.15, -0.1) is 0 Å². The van der Waals surface area contributed by atoms with Crippen molar-refractivity contribution in [1.29, 1.82) is 5.26 Å². The second-order valence-corrected chi connectivity index (χ2v) is 7.47. The molecule has 0 saturated heterocycles. The molecule has 2 aromatic heterocycles. The van der Waals surface area contributed by atoms with Gasteiger partial charge in [0, 0.05) is 18.5 Å². The normalized spacial score (nSPS) is 12.8. The van der Waals surface area contributed by atoms with Crippen molar-refractivity contribution >= 4 is 27.0 Å². The Labute approximate surface area is 139 Å². The average molecular weight is 348 g/mol. The summed E-state index contributed by atoms with van der Waals surface area (Å²) in [5.41, 5.74) is 0.00185. The molecule has 24 heavy (non-hydrogen) atoms. The number of Topliss-reactive ketones (excluding diaryl/α,β-unsaturated/α-hetero) is 1. The number of hydrogen-bond acceptors (Lipinski definition) is 6. The standard InChI is InChI=1S/C15H16N4O4S/c1-9(2)17-14(21)10(8-16)13(20)12-11-6-4-5-7-19(11)15(18-12)24(3,22)23/h4-7,9-10H,1-3H3,(H,17,21)/t10-/m0/s1. The van der Waals surface area contributed by atoms with Crippen molar-refractivity contribution in [1.82, 2.24) is 14.7 Å². The highest BCUT2D eigenvalue weighted by Crippen LogP contribution is 2.20. The fraction of sp³-hybridized carbons (Fsp3) is 0.333. The van der Waals surface area contributed by atoms with Gasteiger partial charge in [0.1, 0.15) is 5.69 Å². The zero-order valence-electron chi connectivity index (χ0n) is 13.3. The van der Waals surface area contributed by atoms with Gasteiger partial charge in [-0.1, -0.05) is 6.07 Å². The summed E-state index contributed by atoms with van der Waals surface area (Å²) in [6, 6.07) is 6.11. The van der Waals surface area contributed by atoms with Crippen LogP contribution in [0.5, 0.6) is 0 Å². The van der Waals surface area contributed by atoms with E-state index in [0.29, 0.717) is 0 Å². The molecule has 0 saturated carbocycles. The third-order valence-corrected chi connectivity index (χ3v) is 4.12. The summed E-state index contributed by atoms with van der Waals surface area (Å²) in [6.45, 7) is 3.40. The third kappa shape index (κ3) is 3.28. The minimum atomic E-state index is -3.70. The Morgan fingerprint density at radius 1 is 1.33 bits per heavy atom. The van der Waals surface area contributed by atoms with Crippen molar-refractivity contribution in [3.05, 3.63) is 30.1 Å². The van der Waals surface area contributed by atoms with E-state index in [1.54, 1.807) is 32.0 Å². The van der Waals surface area contributed by atoms with Crippen LogP contribution in [0, 0.1) is 17.2 Å². The Balaban J connectivity index is 2.58. The second-order valence-electron chi connectivity index (χ2n) is 5.56. The maximum Gasteiger partial charge on any atom is 0.245 e. The first kappa shape index (κ1) is 17.6. The molecule has 0 aliphatic rings. The Morgan fingerprint density at radius 2 is 2.00 bits per heavy atom. The Hall–Kier alpha value is -2.73. The summed E-state index contributed by atoms with van der Waals surface area (Å²) < 4.78 is 25.0. The molecule has 1 amide bonds. The number of ketones is 1. The van der Waals surface area contributed by atoms with Gasteiger partial charge in [0.05, 0.1) is 11.6 Å². The van der Waals surface area contributed by atoms with Gasteiger partial charge in [0.25, 0.3) is 0 Å². The van der Waals surface area contributed by atoms with E-state index in [2.05, 4.69) is 10.3 Å². The highest BCUT2D eigenvalue weighted by molar-refractivity contribution is 7.90. The molecule has 0 unspecified atom stereocenters. The van der Waals surface area contributed by atoms with Gasteiger partial charge in [0.2, 0.25) is 26.7 Å². The molecule has 0 aliphatic carbocycles. The number of imidazole rings is 1. The molecule has 8 nitrogen and oxygen atoms in total. The van der Waals surface area contributed by atoms with Crippen LogP contribution in [0.15, 0.2) is 29.6 Å². The number of aromatic nitrogens is 2. The summed E-state index contributed by atoms with van der Waals surface area (Å²) in [6.07, 6.45) is 2.42. The van der Waals surface area contributed by atoms with Crippen LogP contribution >= 0.6 is 0 Å². The fourth-order valence-electron chi connectivity index (χ4n) is 2.19. The summed E-state index contributed by atoms with van der Waals surface area (Å²) in [5, 5.41) is 11.4. The predicted octanol–water partition coefficient (Wildman–Crippen LogP) is 0.585. The van der Waals surface area contributed by atoms with Crippen LogP contribution in [0.3, 0.4) is 0 Å². The molecule has 2 aromatic rings. The number of amides is 1. The summed E-state index contributed by atoms with van der Waals surface area (Å²) in [5.74, 6) is -3.18. The molecule has 126 valence electrons. The van der Waals surface area contributed by atoms with Crippen LogP contribution < -0.4 is 5.32 Å². The van der Waals surface area contributed by atoms with Crippen LogP contribution in [-0.2, 0) is 14.6 Å². The number of nitrogens with one attached hydrogen (secondary N) is 1. The van der Waals surface area contributed by atoms with E-state index >= 15 is 0 Å². The monoisotopic (exact) mass is 348 g/mol. The molecule has 1 N–H and O–H groups in total. The highest BCUT2D eigenvalue weighted by atomic mass is 32.2. The van der Waals surface area contributed by atoms with Gasteiger partial charge in [-0.2, -0.15) is 5.26 Å². The topological polar surface area (TPSA) is 121 Å². The molecule has 0 aromatic carbocycles. The largest absolute Gasteiger partial charge is 0.352 e. The molecule has 0 fully saturated rings. The second kappa shape index (κ2) is 6.41. The number of hydrogen-bond donors (Lipinski definition) is 1. The van der Waals surface area contributed by atoms with Crippen molar-refractivity contribution in [2.45, 2.75) is 25.0 Å². The molecule has 0 spiro atoms. The summed E-state index contributed by atoms with van der Waals surface area (Å²) in [7, 11) is -3.70. The Bertz CT molecular complexity index is 953. The van der Waals surface area contributed by atoms with Gasteiger partial charge in [0.15, 0.2) is 5.92 Å². The van der Waals surface area contributed by atoms with Crippen LogP contribution in [-0.4, -0.2) is 41.8 Å². The van der Waals surface area contributed by atoms with Crippen LogP contribution in [0.1, 0.15) is 24.3 Å². The predicted molar refractivity (Wildman–Crippen MR) is 85.0 cm³/mol. The van der Waals surface area contributed by atoms with Crippen molar-refractivity contribution in [3.8, 4) is 6.07 Å². The molecule has 0 aliphatic heterocycles. The zero-order chi connectivity index (χ0) is 18.1. The molecule has 9 heteroatoms. The number of nitriles is 1. The van der Waals surface area contributed by atoms with Crippen LogP contribution in [0.4, 0.5) is 0 Å². The quantitative estimate of drug-likeness (QED) is 0.623. The first-order valence-electron chi connectivity index (χ1n) is 7.08. The lowest BCUT2D eigenvalue weighted by Gasteiger charge is -2.11. The molecular formula is C15H16N4O4S. The van der Waals surface area contributed by atoms with E-state index in [9.17, 15) is 23.3 Å². The summed E-state index contributed by atoms with van der Waals surface area (Å²) >= 11 is 0. The minimum absolute atomic E-state index is 0.221. The molecular weight excluding hydrogens is 332 g/mol. The van der Waals surface area contributed by atoms with Gasteiger partial charge >= 0.3 is 0 Å². The van der Waals surface area contributed by atoms with E-state index in [0.717, 1.165) is 6.26 Å².